The predicted octanol–water partition coefficient (Wildman–Crippen LogP) is 3.04. The molecule has 0 fully saturated rings. The number of halogens is 1. The largest absolute Gasteiger partial charge is 0.120 e. The Bertz CT molecular complexity index is 129. The van der Waals surface area contributed by atoms with Crippen LogP contribution in [-0.4, -0.2) is 12.5 Å². The SMILES string of the molecule is C#CCCC(Br)[Si](C)(C)C. The molecule has 0 saturated heterocycles. The van der Waals surface area contributed by atoms with E-state index in [1.807, 2.05) is 0 Å². The van der Waals surface area contributed by atoms with Crippen LogP contribution >= 0.6 is 15.9 Å². The van der Waals surface area contributed by atoms with Gasteiger partial charge in [0.2, 0.25) is 0 Å². The van der Waals surface area contributed by atoms with Gasteiger partial charge >= 0.3 is 0 Å². The second-order valence-corrected chi connectivity index (χ2v) is 11.0. The Morgan fingerprint density at radius 2 is 2.00 bits per heavy atom. The Labute approximate surface area is 73.5 Å². The Balaban J connectivity index is 3.65. The summed E-state index contributed by atoms with van der Waals surface area (Å²) in [5.74, 6) is 2.66. The van der Waals surface area contributed by atoms with Gasteiger partial charge in [-0.05, 0) is 6.42 Å². The van der Waals surface area contributed by atoms with Crippen molar-refractivity contribution in [2.75, 3.05) is 0 Å². The number of hydrogen-bond donors (Lipinski definition) is 0. The first kappa shape index (κ1) is 10.3. The maximum absolute atomic E-state index is 5.16. The van der Waals surface area contributed by atoms with Crippen LogP contribution in [0.2, 0.25) is 19.6 Å². The lowest BCUT2D eigenvalue weighted by Gasteiger charge is -2.22. The highest BCUT2D eigenvalue weighted by molar-refractivity contribution is 9.10. The van der Waals surface area contributed by atoms with Gasteiger partial charge in [0, 0.05) is 10.9 Å². The average Bonchev–Trinajstić information content (AvgIpc) is 1.80. The summed E-state index contributed by atoms with van der Waals surface area (Å²) >= 11 is 3.67. The summed E-state index contributed by atoms with van der Waals surface area (Å²) in [5.41, 5.74) is 0. The fraction of sp³-hybridized carbons (Fsp3) is 0.750. The zero-order chi connectivity index (χ0) is 8.20. The molecule has 58 valence electrons. The second kappa shape index (κ2) is 4.20. The maximum Gasteiger partial charge on any atom is 0.0596 e. The first-order valence-electron chi connectivity index (χ1n) is 3.56. The van der Waals surface area contributed by atoms with E-state index >= 15 is 0 Å². The van der Waals surface area contributed by atoms with Gasteiger partial charge in [-0.25, -0.2) is 0 Å². The van der Waals surface area contributed by atoms with E-state index in [1.54, 1.807) is 0 Å². The number of rotatable bonds is 3. The zero-order valence-electron chi connectivity index (χ0n) is 6.95. The molecule has 0 aliphatic carbocycles. The van der Waals surface area contributed by atoms with Gasteiger partial charge in [-0.1, -0.05) is 35.6 Å². The molecule has 0 aromatic carbocycles. The van der Waals surface area contributed by atoms with Crippen molar-refractivity contribution in [3.63, 3.8) is 0 Å². The normalized spacial score (nSPS) is 14.3. The molecule has 0 N–H and O–H groups in total. The molecular formula is C8H15BrSi. The Kier molecular flexibility index (Phi) is 4.31. The van der Waals surface area contributed by atoms with Gasteiger partial charge in [0.1, 0.15) is 0 Å². The molecule has 0 nitrogen and oxygen atoms in total. The van der Waals surface area contributed by atoms with E-state index in [0.717, 1.165) is 12.8 Å². The van der Waals surface area contributed by atoms with Gasteiger partial charge in [-0.15, -0.1) is 12.3 Å². The number of terminal acetylenes is 1. The van der Waals surface area contributed by atoms with E-state index < -0.39 is 8.07 Å². The standard InChI is InChI=1S/C8H15BrSi/c1-5-6-7-8(9)10(2,3)4/h1,8H,6-7H2,2-4H3. The summed E-state index contributed by atoms with van der Waals surface area (Å²) in [4.78, 5) is 0. The summed E-state index contributed by atoms with van der Waals surface area (Å²) in [6, 6.07) is 0. The third-order valence-electron chi connectivity index (χ3n) is 1.48. The van der Waals surface area contributed by atoms with Crippen molar-refractivity contribution < 1.29 is 0 Å². The molecule has 0 aliphatic heterocycles. The monoisotopic (exact) mass is 218 g/mol. The highest BCUT2D eigenvalue weighted by atomic mass is 79.9. The van der Waals surface area contributed by atoms with Gasteiger partial charge < -0.3 is 0 Å². The molecule has 0 bridgehead atoms. The smallest absolute Gasteiger partial charge is 0.0596 e. The Morgan fingerprint density at radius 3 is 2.30 bits per heavy atom. The van der Waals surface area contributed by atoms with Crippen LogP contribution in [0.5, 0.6) is 0 Å². The first-order valence-corrected chi connectivity index (χ1v) is 8.05. The molecule has 0 aromatic heterocycles. The molecule has 0 saturated carbocycles. The quantitative estimate of drug-likeness (QED) is 0.389. The lowest BCUT2D eigenvalue weighted by atomic mass is 10.4. The minimum Gasteiger partial charge on any atom is -0.120 e. The number of hydrogen-bond acceptors (Lipinski definition) is 0. The van der Waals surface area contributed by atoms with Crippen molar-refractivity contribution in [1.29, 1.82) is 0 Å². The second-order valence-electron chi connectivity index (χ2n) is 3.58. The topological polar surface area (TPSA) is 0 Å². The molecule has 0 aliphatic rings. The van der Waals surface area contributed by atoms with E-state index in [9.17, 15) is 0 Å². The van der Waals surface area contributed by atoms with E-state index in [4.69, 9.17) is 6.42 Å². The lowest BCUT2D eigenvalue weighted by molar-refractivity contribution is 0.938. The molecule has 1 atom stereocenters. The van der Waals surface area contributed by atoms with E-state index in [2.05, 4.69) is 41.5 Å². The van der Waals surface area contributed by atoms with Crippen molar-refractivity contribution >= 4 is 24.0 Å². The van der Waals surface area contributed by atoms with Crippen molar-refractivity contribution in [1.82, 2.24) is 0 Å². The van der Waals surface area contributed by atoms with Crippen LogP contribution in [0.25, 0.3) is 0 Å². The van der Waals surface area contributed by atoms with Crippen molar-refractivity contribution in [3.8, 4) is 12.3 Å². The Hall–Kier alpha value is 0.257. The van der Waals surface area contributed by atoms with Crippen LogP contribution in [0.1, 0.15) is 12.8 Å². The van der Waals surface area contributed by atoms with Gasteiger partial charge in [0.15, 0.2) is 0 Å². The highest BCUT2D eigenvalue weighted by Gasteiger charge is 2.22. The van der Waals surface area contributed by atoms with Crippen molar-refractivity contribution in [3.05, 3.63) is 0 Å². The molecular weight excluding hydrogens is 204 g/mol. The summed E-state index contributed by atoms with van der Waals surface area (Å²) < 4.78 is 0.677. The number of alkyl halides is 1. The van der Waals surface area contributed by atoms with E-state index in [1.165, 1.54) is 0 Å². The van der Waals surface area contributed by atoms with E-state index in [0.29, 0.717) is 4.45 Å². The van der Waals surface area contributed by atoms with Crippen molar-refractivity contribution in [2.24, 2.45) is 0 Å². The van der Waals surface area contributed by atoms with Crippen LogP contribution in [0.4, 0.5) is 0 Å². The fourth-order valence-electron chi connectivity index (χ4n) is 0.643. The molecule has 2 heteroatoms. The van der Waals surface area contributed by atoms with E-state index in [-0.39, 0.29) is 0 Å². The molecule has 10 heavy (non-hydrogen) atoms. The minimum absolute atomic E-state index is 0.677. The van der Waals surface area contributed by atoms with Gasteiger partial charge in [0.05, 0.1) is 8.07 Å². The molecule has 0 radical (unpaired) electrons. The molecule has 0 rings (SSSR count). The van der Waals surface area contributed by atoms with Crippen LogP contribution in [-0.2, 0) is 0 Å². The Morgan fingerprint density at radius 1 is 1.50 bits per heavy atom. The highest BCUT2D eigenvalue weighted by Crippen LogP contribution is 2.20. The maximum atomic E-state index is 5.16. The minimum atomic E-state index is -0.977. The summed E-state index contributed by atoms with van der Waals surface area (Å²) in [6.07, 6.45) is 7.20. The lowest BCUT2D eigenvalue weighted by Crippen LogP contribution is -2.33. The third kappa shape index (κ3) is 4.13. The third-order valence-corrected chi connectivity index (χ3v) is 8.23. The summed E-state index contributed by atoms with van der Waals surface area (Å²) in [5, 5.41) is 0. The molecule has 0 aromatic rings. The molecule has 0 spiro atoms. The van der Waals surface area contributed by atoms with Gasteiger partial charge in [-0.3, -0.25) is 0 Å². The summed E-state index contributed by atoms with van der Waals surface area (Å²) in [6.45, 7) is 7.05. The first-order chi connectivity index (χ1) is 4.48. The van der Waals surface area contributed by atoms with Gasteiger partial charge in [0.25, 0.3) is 0 Å². The van der Waals surface area contributed by atoms with Crippen LogP contribution < -0.4 is 0 Å². The fourth-order valence-corrected chi connectivity index (χ4v) is 1.88. The summed E-state index contributed by atoms with van der Waals surface area (Å²) in [7, 11) is -0.977. The average molecular weight is 219 g/mol. The molecule has 0 heterocycles. The molecule has 1 unspecified atom stereocenters. The van der Waals surface area contributed by atoms with Gasteiger partial charge in [-0.2, -0.15) is 0 Å². The van der Waals surface area contributed by atoms with Crippen molar-refractivity contribution in [2.45, 2.75) is 36.9 Å². The van der Waals surface area contributed by atoms with Crippen LogP contribution in [0.3, 0.4) is 0 Å². The molecule has 0 amide bonds. The predicted molar refractivity (Wildman–Crippen MR) is 54.1 cm³/mol. The van der Waals surface area contributed by atoms with Crippen LogP contribution in [0.15, 0.2) is 0 Å². The zero-order valence-corrected chi connectivity index (χ0v) is 9.53. The van der Waals surface area contributed by atoms with Crippen LogP contribution in [0, 0.1) is 12.3 Å².